The minimum Gasteiger partial charge on any atom is -0.497 e. The normalized spacial score (nSPS) is 11.3. The van der Waals surface area contributed by atoms with Gasteiger partial charge < -0.3 is 14.2 Å². The lowest BCUT2D eigenvalue weighted by Crippen LogP contribution is -2.32. The second-order valence-corrected chi connectivity index (χ2v) is 8.12. The van der Waals surface area contributed by atoms with Gasteiger partial charge in [-0.3, -0.25) is 0 Å². The lowest BCUT2D eigenvalue weighted by Gasteiger charge is -2.36. The number of rotatable bonds is 8. The van der Waals surface area contributed by atoms with Crippen molar-refractivity contribution in [2.75, 3.05) is 14.2 Å². The molecule has 0 aliphatic carbocycles. The maximum atomic E-state index is 6.89. The quantitative estimate of drug-likeness (QED) is 0.295. The summed E-state index contributed by atoms with van der Waals surface area (Å²) in [5.41, 5.74) is 4.81. The third-order valence-corrected chi connectivity index (χ3v) is 6.49. The fourth-order valence-corrected chi connectivity index (χ4v) is 4.64. The van der Waals surface area contributed by atoms with Crippen LogP contribution in [0.3, 0.4) is 0 Å². The van der Waals surface area contributed by atoms with Crippen LogP contribution in [0.2, 0.25) is 0 Å². The standard InChI is InChI=1S/C27H26O3S/c1-20-18-31-19-21(20)17-30-27(22-7-5-4-6-8-22,23-9-13-25(28-2)14-10-23)24-11-15-26(29-3)16-12-24/h4-16,18-19H,17H2,1-3H3. The van der Waals surface area contributed by atoms with Gasteiger partial charge in [0.1, 0.15) is 17.1 Å². The molecular formula is C27H26O3S. The van der Waals surface area contributed by atoms with Crippen LogP contribution < -0.4 is 9.47 Å². The van der Waals surface area contributed by atoms with Gasteiger partial charge in [-0.2, -0.15) is 11.3 Å². The van der Waals surface area contributed by atoms with Crippen LogP contribution >= 0.6 is 11.3 Å². The van der Waals surface area contributed by atoms with Gasteiger partial charge >= 0.3 is 0 Å². The van der Waals surface area contributed by atoms with Crippen LogP contribution in [0, 0.1) is 6.92 Å². The molecule has 3 nitrogen and oxygen atoms in total. The molecule has 0 bridgehead atoms. The zero-order valence-electron chi connectivity index (χ0n) is 18.0. The third-order valence-electron chi connectivity index (χ3n) is 5.58. The molecule has 0 spiro atoms. The van der Waals surface area contributed by atoms with E-state index in [1.54, 1.807) is 25.6 Å². The van der Waals surface area contributed by atoms with E-state index in [2.05, 4.69) is 66.2 Å². The van der Waals surface area contributed by atoms with Crippen LogP contribution in [0.25, 0.3) is 0 Å². The molecule has 0 saturated heterocycles. The predicted molar refractivity (Wildman–Crippen MR) is 126 cm³/mol. The van der Waals surface area contributed by atoms with E-state index in [1.165, 1.54) is 11.1 Å². The first-order chi connectivity index (χ1) is 15.2. The summed E-state index contributed by atoms with van der Waals surface area (Å²) >= 11 is 1.70. The summed E-state index contributed by atoms with van der Waals surface area (Å²) in [6.45, 7) is 2.63. The molecule has 0 aliphatic heterocycles. The Bertz CT molecular complexity index is 1050. The maximum absolute atomic E-state index is 6.89. The molecule has 0 aliphatic rings. The van der Waals surface area contributed by atoms with Crippen molar-refractivity contribution in [3.63, 3.8) is 0 Å². The van der Waals surface area contributed by atoms with Crippen molar-refractivity contribution in [1.82, 2.24) is 0 Å². The van der Waals surface area contributed by atoms with Crippen molar-refractivity contribution in [1.29, 1.82) is 0 Å². The van der Waals surface area contributed by atoms with Crippen LogP contribution in [-0.4, -0.2) is 14.2 Å². The van der Waals surface area contributed by atoms with Crippen LogP contribution in [0.1, 0.15) is 27.8 Å². The molecule has 0 atom stereocenters. The van der Waals surface area contributed by atoms with Crippen LogP contribution in [0.5, 0.6) is 11.5 Å². The van der Waals surface area contributed by atoms with Crippen LogP contribution in [-0.2, 0) is 16.9 Å². The van der Waals surface area contributed by atoms with Gasteiger partial charge in [-0.1, -0.05) is 54.6 Å². The summed E-state index contributed by atoms with van der Waals surface area (Å²) in [6.07, 6.45) is 0. The van der Waals surface area contributed by atoms with E-state index < -0.39 is 5.60 Å². The highest BCUT2D eigenvalue weighted by molar-refractivity contribution is 7.08. The van der Waals surface area contributed by atoms with Crippen molar-refractivity contribution >= 4 is 11.3 Å². The second-order valence-electron chi connectivity index (χ2n) is 7.37. The molecule has 3 aromatic carbocycles. The number of aryl methyl sites for hydroxylation is 1. The smallest absolute Gasteiger partial charge is 0.144 e. The molecule has 0 N–H and O–H groups in total. The highest BCUT2D eigenvalue weighted by Crippen LogP contribution is 2.42. The first kappa shape index (κ1) is 21.2. The van der Waals surface area contributed by atoms with Gasteiger partial charge in [0.2, 0.25) is 0 Å². The molecule has 0 saturated carbocycles. The summed E-state index contributed by atoms with van der Waals surface area (Å²) in [7, 11) is 3.36. The van der Waals surface area contributed by atoms with Crippen molar-refractivity contribution < 1.29 is 14.2 Å². The number of hydrogen-bond acceptors (Lipinski definition) is 4. The Morgan fingerprint density at radius 1 is 0.677 bits per heavy atom. The minimum atomic E-state index is -0.784. The van der Waals surface area contributed by atoms with Crippen molar-refractivity contribution in [2.24, 2.45) is 0 Å². The monoisotopic (exact) mass is 430 g/mol. The maximum Gasteiger partial charge on any atom is 0.144 e. The molecule has 0 radical (unpaired) electrons. The van der Waals surface area contributed by atoms with Gasteiger partial charge in [-0.25, -0.2) is 0 Å². The number of methoxy groups -OCH3 is 2. The molecule has 31 heavy (non-hydrogen) atoms. The Labute approximate surface area is 187 Å². The summed E-state index contributed by atoms with van der Waals surface area (Å²) in [5, 5.41) is 4.32. The average Bonchev–Trinajstić information content (AvgIpc) is 3.25. The van der Waals surface area contributed by atoms with Crippen molar-refractivity contribution in [3.8, 4) is 11.5 Å². The molecule has 4 aromatic rings. The topological polar surface area (TPSA) is 27.7 Å². The van der Waals surface area contributed by atoms with Gasteiger partial charge in [0, 0.05) is 0 Å². The summed E-state index contributed by atoms with van der Waals surface area (Å²) in [6, 6.07) is 26.6. The van der Waals surface area contributed by atoms with Crippen LogP contribution in [0.4, 0.5) is 0 Å². The molecule has 0 amide bonds. The third kappa shape index (κ3) is 4.22. The minimum absolute atomic E-state index is 0.502. The van der Waals surface area contributed by atoms with Gasteiger partial charge in [0.15, 0.2) is 0 Å². The zero-order chi connectivity index (χ0) is 21.7. The van der Waals surface area contributed by atoms with E-state index in [-0.39, 0.29) is 0 Å². The molecule has 0 unspecified atom stereocenters. The SMILES string of the molecule is COc1ccc(C(OCc2cscc2C)(c2ccccc2)c2ccc(OC)cc2)cc1. The average molecular weight is 431 g/mol. The van der Waals surface area contributed by atoms with Gasteiger partial charge in [-0.05, 0) is 69.8 Å². The number of ether oxygens (including phenoxy) is 3. The van der Waals surface area contributed by atoms with Crippen LogP contribution in [0.15, 0.2) is 89.6 Å². The molecular weight excluding hydrogens is 404 g/mol. The highest BCUT2D eigenvalue weighted by Gasteiger charge is 2.38. The Hall–Kier alpha value is -3.08. The van der Waals surface area contributed by atoms with Gasteiger partial charge in [0.05, 0.1) is 20.8 Å². The highest BCUT2D eigenvalue weighted by atomic mass is 32.1. The predicted octanol–water partition coefficient (Wildman–Crippen LogP) is 6.58. The Kier molecular flexibility index (Phi) is 6.40. The van der Waals surface area contributed by atoms with E-state index >= 15 is 0 Å². The van der Waals surface area contributed by atoms with Crippen molar-refractivity contribution in [3.05, 3.63) is 117 Å². The van der Waals surface area contributed by atoms with Gasteiger partial charge in [-0.15, -0.1) is 0 Å². The largest absolute Gasteiger partial charge is 0.497 e. The Morgan fingerprint density at radius 2 is 1.19 bits per heavy atom. The second kappa shape index (κ2) is 9.38. The number of thiophene rings is 1. The lowest BCUT2D eigenvalue weighted by molar-refractivity contribution is 0.000136. The molecule has 158 valence electrons. The first-order valence-corrected chi connectivity index (χ1v) is 11.1. The summed E-state index contributed by atoms with van der Waals surface area (Å²) in [4.78, 5) is 0. The zero-order valence-corrected chi connectivity index (χ0v) is 18.8. The fourth-order valence-electron chi connectivity index (χ4n) is 3.80. The lowest BCUT2D eigenvalue weighted by atomic mass is 9.80. The number of benzene rings is 3. The Balaban J connectivity index is 1.90. The van der Waals surface area contributed by atoms with E-state index in [9.17, 15) is 0 Å². The van der Waals surface area contributed by atoms with E-state index in [1.807, 2.05) is 30.3 Å². The van der Waals surface area contributed by atoms with E-state index in [0.717, 1.165) is 28.2 Å². The Morgan fingerprint density at radius 3 is 1.65 bits per heavy atom. The molecule has 4 rings (SSSR count). The fraction of sp³-hybridized carbons (Fsp3) is 0.185. The number of hydrogen-bond donors (Lipinski definition) is 0. The molecule has 0 fully saturated rings. The molecule has 1 aromatic heterocycles. The molecule has 1 heterocycles. The van der Waals surface area contributed by atoms with E-state index in [4.69, 9.17) is 14.2 Å². The van der Waals surface area contributed by atoms with Gasteiger partial charge in [0.25, 0.3) is 0 Å². The summed E-state index contributed by atoms with van der Waals surface area (Å²) < 4.78 is 17.7. The first-order valence-electron chi connectivity index (χ1n) is 10.2. The summed E-state index contributed by atoms with van der Waals surface area (Å²) in [5.74, 6) is 1.63. The van der Waals surface area contributed by atoms with Crippen molar-refractivity contribution in [2.45, 2.75) is 19.1 Å². The van der Waals surface area contributed by atoms with E-state index in [0.29, 0.717) is 6.61 Å². The molecule has 4 heteroatoms.